The second kappa shape index (κ2) is 5.60. The average Bonchev–Trinajstić information content (AvgIpc) is 2.63. The van der Waals surface area contributed by atoms with E-state index in [9.17, 15) is 30.4 Å². The van der Waals surface area contributed by atoms with Gasteiger partial charge in [-0.3, -0.25) is 0 Å². The maximum atomic E-state index is 11.6. The first-order chi connectivity index (χ1) is 10.5. The Kier molecular flexibility index (Phi) is 4.71. The van der Waals surface area contributed by atoms with E-state index < -0.39 is 7.81 Å². The van der Waals surface area contributed by atoms with Gasteiger partial charge in [0.25, 0.3) is 0 Å². The molecule has 2 aromatic rings. The third kappa shape index (κ3) is 6.72. The van der Waals surface area contributed by atoms with Gasteiger partial charge in [-0.1, -0.05) is 4.98 Å². The number of hydrogen-bond acceptors (Lipinski definition) is 5. The van der Waals surface area contributed by atoms with Gasteiger partial charge in [0.2, 0.25) is 0 Å². The van der Waals surface area contributed by atoms with E-state index in [-0.39, 0.29) is 0 Å². The molecule has 0 aliphatic carbocycles. The van der Waals surface area contributed by atoms with Crippen LogP contribution in [0.25, 0.3) is 11.2 Å². The Morgan fingerprint density at radius 1 is 1.08 bits per heavy atom. The van der Waals surface area contributed by atoms with E-state index in [1.807, 2.05) is 44.1 Å². The molecule has 2 rings (SSSR count). The second-order valence-corrected chi connectivity index (χ2v) is 6.98. The standard InChI is InChI=1S/C10H15N6O.F6P/c1-13(2)10(14(3)4)15-8-6-5-7-11-9(8)16(17)12-15;1-7(2,3,4,5)6/h5-7H,1-4H3;/q+1;-1. The summed E-state index contributed by atoms with van der Waals surface area (Å²) >= 11 is 0. The molecule has 0 atom stereocenters. The molecule has 0 aliphatic heterocycles. The summed E-state index contributed by atoms with van der Waals surface area (Å²) in [5, 5.41) is 15.5. The zero-order chi connectivity index (χ0) is 19.0. The van der Waals surface area contributed by atoms with Crippen LogP contribution in [0.1, 0.15) is 0 Å². The minimum atomic E-state index is -10.7. The fourth-order valence-electron chi connectivity index (χ4n) is 1.80. The summed E-state index contributed by atoms with van der Waals surface area (Å²) in [6.07, 6.45) is 2.37. The summed E-state index contributed by atoms with van der Waals surface area (Å²) in [7, 11) is -3.07. The van der Waals surface area contributed by atoms with Crippen LogP contribution in [0, 0.1) is 11.5 Å². The summed E-state index contributed by atoms with van der Waals surface area (Å²) < 4.78 is 60.8. The molecule has 24 heavy (non-hydrogen) atoms. The van der Waals surface area contributed by atoms with Crippen LogP contribution < -0.4 is 4.85 Å². The van der Waals surface area contributed by atoms with Gasteiger partial charge in [-0.2, -0.15) is 9.80 Å². The van der Waals surface area contributed by atoms with Crippen molar-refractivity contribution in [3.63, 3.8) is 0 Å². The first kappa shape index (κ1) is 20.2. The Morgan fingerprint density at radius 2 is 1.54 bits per heavy atom. The molecule has 138 valence electrons. The molecular formula is C10H15F6N6OP. The molecule has 0 bridgehead atoms. The van der Waals surface area contributed by atoms with Crippen molar-refractivity contribution >= 4 is 19.0 Å². The van der Waals surface area contributed by atoms with Crippen LogP contribution in [0.4, 0.5) is 25.2 Å². The Balaban J connectivity index is 0.000000351. The molecule has 0 aliphatic rings. The Labute approximate surface area is 132 Å². The number of nitrogens with zero attached hydrogens (tertiary/aromatic N) is 6. The van der Waals surface area contributed by atoms with E-state index in [0.29, 0.717) is 16.0 Å². The van der Waals surface area contributed by atoms with Crippen molar-refractivity contribution in [3.8, 4) is 0 Å². The van der Waals surface area contributed by atoms with Crippen molar-refractivity contribution in [2.75, 3.05) is 28.2 Å². The molecular weight excluding hydrogens is 365 g/mol. The second-order valence-electron chi connectivity index (χ2n) is 5.07. The molecule has 0 radical (unpaired) electrons. The molecule has 7 nitrogen and oxygen atoms in total. The normalized spacial score (nSPS) is 15.0. The first-order valence-corrected chi connectivity index (χ1v) is 8.22. The van der Waals surface area contributed by atoms with Gasteiger partial charge in [0.05, 0.1) is 16.0 Å². The van der Waals surface area contributed by atoms with Gasteiger partial charge in [-0.25, -0.2) is 0 Å². The third-order valence-corrected chi connectivity index (χ3v) is 2.34. The van der Waals surface area contributed by atoms with Crippen LogP contribution in [0.3, 0.4) is 0 Å². The van der Waals surface area contributed by atoms with Gasteiger partial charge >= 0.3 is 50.4 Å². The van der Waals surface area contributed by atoms with E-state index >= 15 is 0 Å². The zero-order valence-electron chi connectivity index (χ0n) is 13.0. The summed E-state index contributed by atoms with van der Waals surface area (Å²) in [4.78, 5) is 8.33. The Hall–Kier alpha value is -1.85. The molecule has 2 aromatic heterocycles. The van der Waals surface area contributed by atoms with Crippen molar-refractivity contribution in [2.45, 2.75) is 0 Å². The van der Waals surface area contributed by atoms with Gasteiger partial charge in [-0.05, 0) is 6.07 Å². The van der Waals surface area contributed by atoms with Gasteiger partial charge in [0.1, 0.15) is 6.20 Å². The molecule has 0 saturated heterocycles. The van der Waals surface area contributed by atoms with E-state index in [4.69, 9.17) is 0 Å². The molecule has 2 heterocycles. The molecule has 0 N–H and O–H groups in total. The summed E-state index contributed by atoms with van der Waals surface area (Å²) in [5.74, 6) is 0. The molecule has 0 amide bonds. The fraction of sp³-hybridized carbons (Fsp3) is 0.400. The van der Waals surface area contributed by atoms with E-state index in [2.05, 4.69) is 10.2 Å². The van der Waals surface area contributed by atoms with Gasteiger partial charge in [-0.15, -0.1) is 4.85 Å². The SMILES string of the molecule is CN(C)[C+](N(C)C)n1n[n+]([O-])c2ncccc21.F[P-](F)(F)(F)(F)F. The average molecular weight is 380 g/mol. The van der Waals surface area contributed by atoms with E-state index in [1.54, 1.807) is 16.9 Å². The number of aromatic nitrogens is 4. The number of hydrogen-bond donors (Lipinski definition) is 0. The van der Waals surface area contributed by atoms with Gasteiger partial charge < -0.3 is 5.21 Å². The molecule has 0 spiro atoms. The van der Waals surface area contributed by atoms with Crippen LogP contribution in [0.15, 0.2) is 18.3 Å². The van der Waals surface area contributed by atoms with Crippen molar-refractivity contribution in [3.05, 3.63) is 29.8 Å². The van der Waals surface area contributed by atoms with Crippen molar-refractivity contribution in [1.82, 2.24) is 24.7 Å². The summed E-state index contributed by atoms with van der Waals surface area (Å²) in [6.45, 7) is 0. The number of fused-ring (bicyclic) bond motifs is 1. The first-order valence-electron chi connectivity index (χ1n) is 6.19. The van der Waals surface area contributed by atoms with Crippen molar-refractivity contribution in [2.24, 2.45) is 0 Å². The van der Waals surface area contributed by atoms with E-state index in [0.717, 1.165) is 6.29 Å². The summed E-state index contributed by atoms with van der Waals surface area (Å²) in [5.41, 5.74) is 0.994. The monoisotopic (exact) mass is 380 g/mol. The fourth-order valence-corrected chi connectivity index (χ4v) is 1.80. The van der Waals surface area contributed by atoms with Crippen LogP contribution in [-0.4, -0.2) is 52.9 Å². The third-order valence-electron chi connectivity index (χ3n) is 2.34. The van der Waals surface area contributed by atoms with Gasteiger partial charge in [0.15, 0.2) is 0 Å². The predicted molar refractivity (Wildman–Crippen MR) is 76.1 cm³/mol. The van der Waals surface area contributed by atoms with Crippen LogP contribution in [-0.2, 0) is 0 Å². The molecule has 0 aromatic carbocycles. The molecule has 0 unspecified atom stereocenters. The number of rotatable bonds is 3. The minimum absolute atomic E-state index is 0.314. The molecule has 0 fully saturated rings. The maximum absolute atomic E-state index is 11.6. The quantitative estimate of drug-likeness (QED) is 0.269. The Bertz CT molecular complexity index is 696. The molecule has 0 saturated carbocycles. The molecule has 14 heteroatoms. The van der Waals surface area contributed by atoms with E-state index in [1.165, 1.54) is 0 Å². The topological polar surface area (TPSA) is 64.1 Å². The summed E-state index contributed by atoms with van der Waals surface area (Å²) in [6, 6.07) is 3.60. The number of halogens is 6. The van der Waals surface area contributed by atoms with Crippen LogP contribution in [0.2, 0.25) is 0 Å². The Morgan fingerprint density at radius 3 is 1.96 bits per heavy atom. The van der Waals surface area contributed by atoms with Crippen molar-refractivity contribution in [1.29, 1.82) is 0 Å². The predicted octanol–water partition coefficient (Wildman–Crippen LogP) is 2.87. The number of pyridine rings is 1. The van der Waals surface area contributed by atoms with Crippen LogP contribution in [0.5, 0.6) is 0 Å². The van der Waals surface area contributed by atoms with Crippen LogP contribution >= 0.6 is 7.81 Å². The zero-order valence-corrected chi connectivity index (χ0v) is 13.9. The van der Waals surface area contributed by atoms with Crippen molar-refractivity contribution < 1.29 is 30.0 Å². The van der Waals surface area contributed by atoms with Gasteiger partial charge in [0, 0.05) is 28.2 Å².